The van der Waals surface area contributed by atoms with E-state index in [4.69, 9.17) is 4.74 Å². The minimum Gasteiger partial charge on any atom is -0.378 e. The highest BCUT2D eigenvalue weighted by atomic mass is 32.2. The summed E-state index contributed by atoms with van der Waals surface area (Å²) in [6.45, 7) is 5.18. The van der Waals surface area contributed by atoms with E-state index in [1.54, 1.807) is 7.05 Å². The van der Waals surface area contributed by atoms with Gasteiger partial charge in [-0.3, -0.25) is 4.79 Å². The molecule has 1 saturated heterocycles. The highest BCUT2D eigenvalue weighted by molar-refractivity contribution is 8.02. The molecule has 7 nitrogen and oxygen atoms in total. The summed E-state index contributed by atoms with van der Waals surface area (Å²) in [5.41, 5.74) is 1.94. The molecule has 0 bridgehead atoms. The molecule has 0 spiro atoms. The Hall–Kier alpha value is -1.84. The van der Waals surface area contributed by atoms with Crippen molar-refractivity contribution < 1.29 is 9.53 Å². The number of morpholine rings is 1. The smallest absolute Gasteiger partial charge is 0.237 e. The van der Waals surface area contributed by atoms with Crippen molar-refractivity contribution >= 4 is 45.5 Å². The predicted molar refractivity (Wildman–Crippen MR) is 103 cm³/mol. The maximum atomic E-state index is 12.4. The van der Waals surface area contributed by atoms with Crippen LogP contribution in [0.2, 0.25) is 0 Å². The number of hydrogen-bond donors (Lipinski definition) is 2. The van der Waals surface area contributed by atoms with Crippen LogP contribution in [0, 0.1) is 0 Å². The first kappa shape index (κ1) is 18.0. The van der Waals surface area contributed by atoms with E-state index >= 15 is 0 Å². The van der Waals surface area contributed by atoms with Gasteiger partial charge in [0.25, 0.3) is 0 Å². The van der Waals surface area contributed by atoms with Gasteiger partial charge >= 0.3 is 0 Å². The van der Waals surface area contributed by atoms with Gasteiger partial charge < -0.3 is 20.3 Å². The van der Waals surface area contributed by atoms with Crippen LogP contribution in [0.4, 0.5) is 16.5 Å². The van der Waals surface area contributed by atoms with Crippen LogP contribution in [-0.2, 0) is 9.53 Å². The largest absolute Gasteiger partial charge is 0.378 e. The number of nitrogens with one attached hydrogen (secondary N) is 2. The highest BCUT2D eigenvalue weighted by Crippen LogP contribution is 2.29. The van der Waals surface area contributed by atoms with E-state index in [1.807, 2.05) is 31.2 Å². The van der Waals surface area contributed by atoms with Crippen LogP contribution in [0.5, 0.6) is 0 Å². The average Bonchev–Trinajstić information content (AvgIpc) is 3.10. The lowest BCUT2D eigenvalue weighted by Gasteiger charge is -2.28. The number of amides is 1. The van der Waals surface area contributed by atoms with Gasteiger partial charge in [0, 0.05) is 31.5 Å². The summed E-state index contributed by atoms with van der Waals surface area (Å²) in [7, 11) is 1.80. The van der Waals surface area contributed by atoms with Gasteiger partial charge in [-0.05, 0) is 31.2 Å². The van der Waals surface area contributed by atoms with Gasteiger partial charge in [0.05, 0.1) is 18.5 Å². The molecule has 1 aromatic carbocycles. The molecule has 0 saturated carbocycles. The van der Waals surface area contributed by atoms with Crippen LogP contribution in [0.1, 0.15) is 6.92 Å². The summed E-state index contributed by atoms with van der Waals surface area (Å²) >= 11 is 2.84. The highest BCUT2D eigenvalue weighted by Gasteiger charge is 2.17. The lowest BCUT2D eigenvalue weighted by atomic mass is 10.2. The summed E-state index contributed by atoms with van der Waals surface area (Å²) in [6.07, 6.45) is 0. The van der Waals surface area contributed by atoms with Crippen molar-refractivity contribution in [2.45, 2.75) is 16.5 Å². The Balaban J connectivity index is 1.54. The van der Waals surface area contributed by atoms with E-state index in [-0.39, 0.29) is 11.2 Å². The van der Waals surface area contributed by atoms with Crippen molar-refractivity contribution in [2.75, 3.05) is 48.9 Å². The molecule has 1 aromatic heterocycles. The van der Waals surface area contributed by atoms with Crippen LogP contribution in [0.3, 0.4) is 0 Å². The number of nitrogens with zero attached hydrogens (tertiary/aromatic N) is 3. The number of carbonyl (C=O) groups is 1. The molecule has 3 rings (SSSR count). The van der Waals surface area contributed by atoms with Crippen molar-refractivity contribution in [1.82, 2.24) is 10.2 Å². The second-order valence-corrected chi connectivity index (χ2v) is 8.08. The maximum absolute atomic E-state index is 12.4. The zero-order chi connectivity index (χ0) is 17.6. The third-order valence-electron chi connectivity index (χ3n) is 3.78. The Kier molecular flexibility index (Phi) is 6.11. The van der Waals surface area contributed by atoms with E-state index in [1.165, 1.54) is 23.1 Å². The molecule has 25 heavy (non-hydrogen) atoms. The number of carbonyl (C=O) groups excluding carboxylic acids is 1. The fourth-order valence-corrected chi connectivity index (χ4v) is 4.23. The number of rotatable bonds is 6. The molecule has 0 unspecified atom stereocenters. The molecular formula is C16H21N5O2S2. The molecule has 134 valence electrons. The van der Waals surface area contributed by atoms with Crippen LogP contribution in [0.15, 0.2) is 28.6 Å². The number of anilines is 3. The fraction of sp³-hybridized carbons (Fsp3) is 0.438. The first-order chi connectivity index (χ1) is 12.2. The Morgan fingerprint density at radius 2 is 2.00 bits per heavy atom. The predicted octanol–water partition coefficient (Wildman–Crippen LogP) is 2.54. The molecule has 2 N–H and O–H groups in total. The number of hydrogen-bond acceptors (Lipinski definition) is 8. The fourth-order valence-electron chi connectivity index (χ4n) is 2.38. The maximum Gasteiger partial charge on any atom is 0.237 e. The number of benzene rings is 1. The van der Waals surface area contributed by atoms with E-state index in [0.29, 0.717) is 0 Å². The van der Waals surface area contributed by atoms with Gasteiger partial charge in [0.15, 0.2) is 4.34 Å². The average molecular weight is 380 g/mol. The summed E-state index contributed by atoms with van der Waals surface area (Å²) in [6, 6.07) is 7.93. The Bertz CT molecular complexity index is 701. The molecule has 2 heterocycles. The molecule has 1 atom stereocenters. The topological polar surface area (TPSA) is 79.4 Å². The molecule has 1 amide bonds. The van der Waals surface area contributed by atoms with Crippen molar-refractivity contribution in [3.63, 3.8) is 0 Å². The molecule has 2 aromatic rings. The number of ether oxygens (including phenoxy) is 1. The summed E-state index contributed by atoms with van der Waals surface area (Å²) in [4.78, 5) is 14.6. The summed E-state index contributed by atoms with van der Waals surface area (Å²) < 4.78 is 6.14. The molecule has 9 heteroatoms. The van der Waals surface area contributed by atoms with E-state index in [9.17, 15) is 4.79 Å². The van der Waals surface area contributed by atoms with Crippen molar-refractivity contribution in [2.24, 2.45) is 0 Å². The normalized spacial score (nSPS) is 15.7. The zero-order valence-corrected chi connectivity index (χ0v) is 15.8. The summed E-state index contributed by atoms with van der Waals surface area (Å²) in [5.74, 6) is -0.0506. The SMILES string of the molecule is CNc1nnc(S[C@H](C)C(=O)Nc2ccc(N3CCOCC3)cc2)s1. The third kappa shape index (κ3) is 4.83. The first-order valence-electron chi connectivity index (χ1n) is 8.07. The third-order valence-corrected chi connectivity index (χ3v) is 5.90. The molecule has 1 fully saturated rings. The van der Waals surface area contributed by atoms with Gasteiger partial charge in [-0.25, -0.2) is 0 Å². The number of aromatic nitrogens is 2. The minimum atomic E-state index is -0.253. The molecule has 0 radical (unpaired) electrons. The lowest BCUT2D eigenvalue weighted by molar-refractivity contribution is -0.115. The lowest BCUT2D eigenvalue weighted by Crippen LogP contribution is -2.36. The van der Waals surface area contributed by atoms with Gasteiger partial charge in [-0.1, -0.05) is 23.1 Å². The van der Waals surface area contributed by atoms with Gasteiger partial charge in [0.1, 0.15) is 0 Å². The van der Waals surface area contributed by atoms with Crippen molar-refractivity contribution in [3.05, 3.63) is 24.3 Å². The molecule has 0 aliphatic carbocycles. The molecule has 1 aliphatic heterocycles. The molecule has 1 aliphatic rings. The van der Waals surface area contributed by atoms with E-state index < -0.39 is 0 Å². The quantitative estimate of drug-likeness (QED) is 0.747. The van der Waals surface area contributed by atoms with Gasteiger partial charge in [-0.15, -0.1) is 10.2 Å². The van der Waals surface area contributed by atoms with Crippen molar-refractivity contribution in [1.29, 1.82) is 0 Å². The van der Waals surface area contributed by atoms with Crippen molar-refractivity contribution in [3.8, 4) is 0 Å². The van der Waals surface area contributed by atoms with Crippen LogP contribution in [0.25, 0.3) is 0 Å². The van der Waals surface area contributed by atoms with Gasteiger partial charge in [0.2, 0.25) is 11.0 Å². The Labute approximate surface area is 155 Å². The van der Waals surface area contributed by atoms with Crippen LogP contribution in [-0.4, -0.2) is 54.7 Å². The van der Waals surface area contributed by atoms with Crippen LogP contribution >= 0.6 is 23.1 Å². The number of thioether (sulfide) groups is 1. The Morgan fingerprint density at radius 3 is 2.64 bits per heavy atom. The minimum absolute atomic E-state index is 0.0506. The van der Waals surface area contributed by atoms with E-state index in [0.717, 1.165) is 47.1 Å². The van der Waals surface area contributed by atoms with Gasteiger partial charge in [-0.2, -0.15) is 0 Å². The standard InChI is InChI=1S/C16H21N5O2S2/c1-11(24-16-20-19-15(17-2)25-16)14(22)18-12-3-5-13(6-4-12)21-7-9-23-10-8-21/h3-6,11H,7-10H2,1-2H3,(H,17,19)(H,18,22)/t11-/m1/s1. The second-order valence-electron chi connectivity index (χ2n) is 5.52. The second kappa shape index (κ2) is 8.50. The first-order valence-corrected chi connectivity index (χ1v) is 9.77. The Morgan fingerprint density at radius 1 is 1.28 bits per heavy atom. The van der Waals surface area contributed by atoms with Crippen LogP contribution < -0.4 is 15.5 Å². The molecular weight excluding hydrogens is 358 g/mol. The van der Waals surface area contributed by atoms with E-state index in [2.05, 4.69) is 25.7 Å². The monoisotopic (exact) mass is 379 g/mol. The summed E-state index contributed by atoms with van der Waals surface area (Å²) in [5, 5.41) is 14.4. The zero-order valence-electron chi connectivity index (χ0n) is 14.2.